The van der Waals surface area contributed by atoms with Crippen molar-refractivity contribution in [1.82, 2.24) is 4.90 Å². The molecule has 2 nitrogen and oxygen atoms in total. The zero-order chi connectivity index (χ0) is 13.8. The van der Waals surface area contributed by atoms with Crippen LogP contribution in [-0.4, -0.2) is 30.1 Å². The van der Waals surface area contributed by atoms with Gasteiger partial charge in [0.15, 0.2) is 0 Å². The largest absolute Gasteiger partial charge is 0.382 e. The molecule has 0 saturated carbocycles. The Kier molecular flexibility index (Phi) is 5.28. The zero-order valence-corrected chi connectivity index (χ0v) is 13.8. The second-order valence-corrected chi connectivity index (χ2v) is 6.67. The van der Waals surface area contributed by atoms with Gasteiger partial charge in [-0.05, 0) is 64.3 Å². The van der Waals surface area contributed by atoms with Crippen molar-refractivity contribution in [3.8, 4) is 0 Å². The second-order valence-electron chi connectivity index (χ2n) is 5.81. The van der Waals surface area contributed by atoms with Gasteiger partial charge < -0.3 is 10.2 Å². The first-order valence-electron chi connectivity index (χ1n) is 7.33. The standard InChI is InChI=1S/C16H25BrN2/c1-12(2)19-10-5-6-14(9-11-19)18-16-8-4-7-15(17)13(16)3/h4,7-8,12,14,18H,5-6,9-11H2,1-3H3. The van der Waals surface area contributed by atoms with Crippen molar-refractivity contribution in [3.63, 3.8) is 0 Å². The molecule has 1 aromatic rings. The highest BCUT2D eigenvalue weighted by Gasteiger charge is 2.18. The van der Waals surface area contributed by atoms with Crippen LogP contribution in [0.5, 0.6) is 0 Å². The fourth-order valence-corrected chi connectivity index (χ4v) is 3.13. The lowest BCUT2D eigenvalue weighted by Gasteiger charge is -2.24. The molecule has 0 radical (unpaired) electrons. The SMILES string of the molecule is Cc1c(Br)cccc1NC1CCCN(C(C)C)CC1. The van der Waals surface area contributed by atoms with Crippen molar-refractivity contribution >= 4 is 21.6 Å². The Labute approximate surface area is 125 Å². The predicted octanol–water partition coefficient (Wildman–Crippen LogP) is 4.43. The van der Waals surface area contributed by atoms with E-state index < -0.39 is 0 Å². The van der Waals surface area contributed by atoms with E-state index in [9.17, 15) is 0 Å². The summed E-state index contributed by atoms with van der Waals surface area (Å²) in [4.78, 5) is 2.59. The van der Waals surface area contributed by atoms with Crippen LogP contribution in [-0.2, 0) is 0 Å². The molecule has 0 bridgehead atoms. The third-order valence-electron chi connectivity index (χ3n) is 4.12. The maximum atomic E-state index is 3.73. The van der Waals surface area contributed by atoms with E-state index in [1.165, 1.54) is 48.1 Å². The highest BCUT2D eigenvalue weighted by molar-refractivity contribution is 9.10. The van der Waals surface area contributed by atoms with E-state index in [2.05, 4.69) is 65.1 Å². The Balaban J connectivity index is 1.98. The van der Waals surface area contributed by atoms with E-state index in [4.69, 9.17) is 0 Å². The van der Waals surface area contributed by atoms with Gasteiger partial charge in [0.2, 0.25) is 0 Å². The predicted molar refractivity (Wildman–Crippen MR) is 86.8 cm³/mol. The van der Waals surface area contributed by atoms with Gasteiger partial charge in [-0.1, -0.05) is 22.0 Å². The quantitative estimate of drug-likeness (QED) is 0.884. The van der Waals surface area contributed by atoms with Crippen molar-refractivity contribution < 1.29 is 0 Å². The van der Waals surface area contributed by atoms with Gasteiger partial charge in [-0.3, -0.25) is 0 Å². The summed E-state index contributed by atoms with van der Waals surface area (Å²) in [6.45, 7) is 9.22. The molecule has 0 aromatic heterocycles. The van der Waals surface area contributed by atoms with Gasteiger partial charge in [-0.2, -0.15) is 0 Å². The highest BCUT2D eigenvalue weighted by Crippen LogP contribution is 2.26. The highest BCUT2D eigenvalue weighted by atomic mass is 79.9. The van der Waals surface area contributed by atoms with Gasteiger partial charge in [0.1, 0.15) is 0 Å². The molecule has 1 aliphatic heterocycles. The molecule has 0 spiro atoms. The molecule has 2 rings (SSSR count). The first kappa shape index (κ1) is 14.9. The first-order valence-corrected chi connectivity index (χ1v) is 8.13. The van der Waals surface area contributed by atoms with Gasteiger partial charge in [0, 0.05) is 28.8 Å². The van der Waals surface area contributed by atoms with Crippen LogP contribution in [0.2, 0.25) is 0 Å². The van der Waals surface area contributed by atoms with Crippen molar-refractivity contribution in [3.05, 3.63) is 28.2 Å². The minimum absolute atomic E-state index is 0.608. The number of rotatable bonds is 3. The summed E-state index contributed by atoms with van der Waals surface area (Å²) in [5, 5.41) is 3.73. The molecule has 3 heteroatoms. The van der Waals surface area contributed by atoms with Gasteiger partial charge in [0.05, 0.1) is 0 Å². The third kappa shape index (κ3) is 3.96. The van der Waals surface area contributed by atoms with E-state index in [0.717, 1.165) is 0 Å². The number of nitrogens with one attached hydrogen (secondary N) is 1. The Morgan fingerprint density at radius 2 is 2.05 bits per heavy atom. The van der Waals surface area contributed by atoms with E-state index in [1.807, 2.05) is 0 Å². The Hall–Kier alpha value is -0.540. The maximum Gasteiger partial charge on any atom is 0.0383 e. The number of halogens is 1. The van der Waals surface area contributed by atoms with E-state index in [0.29, 0.717) is 12.1 Å². The first-order chi connectivity index (χ1) is 9.08. The molecule has 1 atom stereocenters. The van der Waals surface area contributed by atoms with Crippen LogP contribution in [0, 0.1) is 6.92 Å². The molecule has 1 fully saturated rings. The van der Waals surface area contributed by atoms with Crippen LogP contribution in [0.1, 0.15) is 38.7 Å². The number of nitrogens with zero attached hydrogens (tertiary/aromatic N) is 1. The lowest BCUT2D eigenvalue weighted by Crippen LogP contribution is -2.32. The van der Waals surface area contributed by atoms with Crippen LogP contribution in [0.25, 0.3) is 0 Å². The molecule has 0 aliphatic carbocycles. The Bertz CT molecular complexity index is 417. The summed E-state index contributed by atoms with van der Waals surface area (Å²) in [6, 6.07) is 7.68. The minimum Gasteiger partial charge on any atom is -0.382 e. The summed E-state index contributed by atoms with van der Waals surface area (Å²) >= 11 is 3.61. The molecule has 1 aliphatic rings. The molecule has 1 aromatic carbocycles. The van der Waals surface area contributed by atoms with Gasteiger partial charge >= 0.3 is 0 Å². The van der Waals surface area contributed by atoms with Crippen molar-refractivity contribution in [2.24, 2.45) is 0 Å². The summed E-state index contributed by atoms with van der Waals surface area (Å²) in [5.74, 6) is 0. The monoisotopic (exact) mass is 324 g/mol. The van der Waals surface area contributed by atoms with Gasteiger partial charge in [0.25, 0.3) is 0 Å². The second kappa shape index (κ2) is 6.76. The molecular weight excluding hydrogens is 300 g/mol. The average Bonchev–Trinajstić information content (AvgIpc) is 2.60. The zero-order valence-electron chi connectivity index (χ0n) is 12.2. The number of hydrogen-bond donors (Lipinski definition) is 1. The van der Waals surface area contributed by atoms with Crippen LogP contribution in [0.15, 0.2) is 22.7 Å². The summed E-state index contributed by atoms with van der Waals surface area (Å²) in [7, 11) is 0. The number of likely N-dealkylation sites (tertiary alicyclic amines) is 1. The molecule has 106 valence electrons. The summed E-state index contributed by atoms with van der Waals surface area (Å²) in [5.41, 5.74) is 2.59. The lowest BCUT2D eigenvalue weighted by atomic mass is 10.1. The number of benzene rings is 1. The summed E-state index contributed by atoms with van der Waals surface area (Å²) in [6.07, 6.45) is 3.81. The maximum absolute atomic E-state index is 3.73. The molecule has 19 heavy (non-hydrogen) atoms. The minimum atomic E-state index is 0.608. The fourth-order valence-electron chi connectivity index (χ4n) is 2.76. The topological polar surface area (TPSA) is 15.3 Å². The number of hydrogen-bond acceptors (Lipinski definition) is 2. The molecular formula is C16H25BrN2. The summed E-state index contributed by atoms with van der Waals surface area (Å²) < 4.78 is 1.19. The number of anilines is 1. The molecule has 1 N–H and O–H groups in total. The normalized spacial score (nSPS) is 21.4. The molecule has 1 heterocycles. The van der Waals surface area contributed by atoms with Gasteiger partial charge in [-0.15, -0.1) is 0 Å². The molecule has 0 amide bonds. The van der Waals surface area contributed by atoms with Gasteiger partial charge in [-0.25, -0.2) is 0 Å². The fraction of sp³-hybridized carbons (Fsp3) is 0.625. The van der Waals surface area contributed by atoms with Crippen LogP contribution >= 0.6 is 15.9 Å². The van der Waals surface area contributed by atoms with E-state index in [1.54, 1.807) is 0 Å². The third-order valence-corrected chi connectivity index (χ3v) is 4.98. The molecule has 1 unspecified atom stereocenters. The average molecular weight is 325 g/mol. The van der Waals surface area contributed by atoms with Crippen molar-refractivity contribution in [2.75, 3.05) is 18.4 Å². The van der Waals surface area contributed by atoms with Crippen molar-refractivity contribution in [2.45, 2.75) is 52.1 Å². The Morgan fingerprint density at radius 3 is 2.79 bits per heavy atom. The lowest BCUT2D eigenvalue weighted by molar-refractivity contribution is 0.230. The van der Waals surface area contributed by atoms with E-state index in [-0.39, 0.29) is 0 Å². The van der Waals surface area contributed by atoms with Crippen LogP contribution in [0.4, 0.5) is 5.69 Å². The van der Waals surface area contributed by atoms with Crippen LogP contribution < -0.4 is 5.32 Å². The van der Waals surface area contributed by atoms with Crippen molar-refractivity contribution in [1.29, 1.82) is 0 Å². The molecule has 1 saturated heterocycles. The Morgan fingerprint density at radius 1 is 1.26 bits per heavy atom. The van der Waals surface area contributed by atoms with Crippen LogP contribution in [0.3, 0.4) is 0 Å². The smallest absolute Gasteiger partial charge is 0.0383 e. The van der Waals surface area contributed by atoms with E-state index >= 15 is 0 Å².